The van der Waals surface area contributed by atoms with Crippen molar-refractivity contribution in [1.29, 1.82) is 5.26 Å². The third kappa shape index (κ3) is 1.12. The maximum Gasteiger partial charge on any atom is 0.100 e. The summed E-state index contributed by atoms with van der Waals surface area (Å²) in [5.74, 6) is 0. The lowest BCUT2D eigenvalue weighted by Gasteiger charge is -1.91. The van der Waals surface area contributed by atoms with Crippen LogP contribution in [0.25, 0.3) is 0 Å². The third-order valence-corrected chi connectivity index (χ3v) is 3.00. The molecule has 54 valence electrons. The number of thioether (sulfide) groups is 1. The smallest absolute Gasteiger partial charge is 0.100 e. The van der Waals surface area contributed by atoms with Gasteiger partial charge in [-0.3, -0.25) is 0 Å². The first-order valence-corrected chi connectivity index (χ1v) is 4.42. The van der Waals surface area contributed by atoms with Gasteiger partial charge in [-0.1, -0.05) is 18.2 Å². The summed E-state index contributed by atoms with van der Waals surface area (Å²) in [5.41, 5.74) is 1.32. The molecule has 0 saturated carbocycles. The summed E-state index contributed by atoms with van der Waals surface area (Å²) < 4.78 is 0. The summed E-state index contributed by atoms with van der Waals surface area (Å²) >= 11 is 1.68. The Labute approximate surface area is 70.0 Å². The Balaban J connectivity index is 2.35. The van der Waals surface area contributed by atoms with Gasteiger partial charge < -0.3 is 0 Å². The maximum absolute atomic E-state index is 8.67. The van der Waals surface area contributed by atoms with Crippen molar-refractivity contribution in [3.63, 3.8) is 0 Å². The van der Waals surface area contributed by atoms with E-state index in [-0.39, 0.29) is 5.25 Å². The molecule has 2 rings (SSSR count). The second-order valence-corrected chi connectivity index (χ2v) is 3.79. The van der Waals surface area contributed by atoms with Crippen LogP contribution >= 0.6 is 11.8 Å². The van der Waals surface area contributed by atoms with Gasteiger partial charge >= 0.3 is 0 Å². The molecule has 0 aliphatic carbocycles. The van der Waals surface area contributed by atoms with E-state index in [1.54, 1.807) is 11.8 Å². The second-order valence-electron chi connectivity index (χ2n) is 2.55. The molecule has 0 bridgehead atoms. The Bertz CT molecular complexity index is 289. The zero-order valence-corrected chi connectivity index (χ0v) is 6.77. The van der Waals surface area contributed by atoms with Crippen molar-refractivity contribution in [2.45, 2.75) is 16.6 Å². The summed E-state index contributed by atoms with van der Waals surface area (Å²) in [6, 6.07) is 10.5. The fourth-order valence-electron chi connectivity index (χ4n) is 1.25. The van der Waals surface area contributed by atoms with Crippen molar-refractivity contribution in [3.05, 3.63) is 29.8 Å². The Hall–Kier alpha value is -0.940. The molecule has 1 heterocycles. The topological polar surface area (TPSA) is 23.8 Å². The average molecular weight is 161 g/mol. The zero-order chi connectivity index (χ0) is 7.68. The fraction of sp³-hybridized carbons (Fsp3) is 0.222. The quantitative estimate of drug-likeness (QED) is 0.582. The van der Waals surface area contributed by atoms with Crippen molar-refractivity contribution >= 4 is 11.8 Å². The molecule has 1 atom stereocenters. The maximum atomic E-state index is 8.67. The van der Waals surface area contributed by atoms with E-state index in [2.05, 4.69) is 18.2 Å². The van der Waals surface area contributed by atoms with Gasteiger partial charge in [0.1, 0.15) is 5.25 Å². The van der Waals surface area contributed by atoms with E-state index in [4.69, 9.17) is 5.26 Å². The van der Waals surface area contributed by atoms with Gasteiger partial charge in [0.05, 0.1) is 6.07 Å². The molecule has 1 nitrogen and oxygen atoms in total. The van der Waals surface area contributed by atoms with Gasteiger partial charge in [-0.15, -0.1) is 11.8 Å². The molecular formula is C9H7NS. The highest BCUT2D eigenvalue weighted by atomic mass is 32.2. The largest absolute Gasteiger partial charge is 0.197 e. The number of fused-ring (bicyclic) bond motifs is 1. The van der Waals surface area contributed by atoms with Gasteiger partial charge in [-0.05, 0) is 18.1 Å². The van der Waals surface area contributed by atoms with Crippen molar-refractivity contribution in [3.8, 4) is 6.07 Å². The van der Waals surface area contributed by atoms with Gasteiger partial charge in [-0.25, -0.2) is 0 Å². The molecule has 0 spiro atoms. The Morgan fingerprint density at radius 1 is 1.45 bits per heavy atom. The van der Waals surface area contributed by atoms with Crippen molar-refractivity contribution in [2.24, 2.45) is 0 Å². The number of benzene rings is 1. The van der Waals surface area contributed by atoms with Crippen molar-refractivity contribution in [2.75, 3.05) is 0 Å². The number of nitrogens with zero attached hydrogens (tertiary/aromatic N) is 1. The Kier molecular flexibility index (Phi) is 1.59. The summed E-state index contributed by atoms with van der Waals surface area (Å²) in [6.45, 7) is 0. The van der Waals surface area contributed by atoms with Gasteiger partial charge in [0.2, 0.25) is 0 Å². The van der Waals surface area contributed by atoms with Gasteiger partial charge in [0.25, 0.3) is 0 Å². The van der Waals surface area contributed by atoms with E-state index in [9.17, 15) is 0 Å². The Morgan fingerprint density at radius 2 is 2.27 bits per heavy atom. The fourth-order valence-corrected chi connectivity index (χ4v) is 2.34. The SMILES string of the molecule is N#CC1Cc2ccccc2S1. The first-order valence-electron chi connectivity index (χ1n) is 3.54. The van der Waals surface area contributed by atoms with Crippen LogP contribution in [0.15, 0.2) is 29.2 Å². The van der Waals surface area contributed by atoms with Gasteiger partial charge in [-0.2, -0.15) is 5.26 Å². The summed E-state index contributed by atoms with van der Waals surface area (Å²) in [7, 11) is 0. The third-order valence-electron chi connectivity index (χ3n) is 1.79. The molecule has 11 heavy (non-hydrogen) atoms. The van der Waals surface area contributed by atoms with Crippen LogP contribution in [-0.2, 0) is 6.42 Å². The standard InChI is InChI=1S/C9H7NS/c10-6-8-5-7-3-1-2-4-9(7)11-8/h1-4,8H,5H2. The molecule has 1 aliphatic heterocycles. The minimum Gasteiger partial charge on any atom is -0.197 e. The van der Waals surface area contributed by atoms with Crippen LogP contribution in [-0.4, -0.2) is 5.25 Å². The first-order chi connectivity index (χ1) is 5.40. The van der Waals surface area contributed by atoms with Crippen molar-refractivity contribution < 1.29 is 0 Å². The van der Waals surface area contributed by atoms with E-state index < -0.39 is 0 Å². The van der Waals surface area contributed by atoms with Crippen LogP contribution in [0, 0.1) is 11.3 Å². The molecule has 1 aromatic carbocycles. The zero-order valence-electron chi connectivity index (χ0n) is 5.95. The van der Waals surface area contributed by atoms with Crippen LogP contribution in [0.5, 0.6) is 0 Å². The molecule has 1 unspecified atom stereocenters. The molecule has 2 heteroatoms. The minimum atomic E-state index is 0.146. The summed E-state index contributed by atoms with van der Waals surface area (Å²) in [5, 5.41) is 8.81. The van der Waals surface area contributed by atoms with Crippen LogP contribution in [0.2, 0.25) is 0 Å². The molecule has 0 radical (unpaired) electrons. The van der Waals surface area contributed by atoms with Crippen LogP contribution < -0.4 is 0 Å². The second kappa shape index (κ2) is 2.60. The molecule has 0 saturated heterocycles. The number of hydrogen-bond donors (Lipinski definition) is 0. The van der Waals surface area contributed by atoms with E-state index in [0.717, 1.165) is 6.42 Å². The normalized spacial score (nSPS) is 20.8. The van der Waals surface area contributed by atoms with Crippen LogP contribution in [0.4, 0.5) is 0 Å². The number of rotatable bonds is 0. The molecule has 0 fully saturated rings. The molecule has 0 amide bonds. The highest BCUT2D eigenvalue weighted by Crippen LogP contribution is 2.35. The van der Waals surface area contributed by atoms with Gasteiger partial charge in [0, 0.05) is 4.90 Å². The highest BCUT2D eigenvalue weighted by molar-refractivity contribution is 8.00. The monoisotopic (exact) mass is 161 g/mol. The average Bonchev–Trinajstić information content (AvgIpc) is 2.46. The number of nitriles is 1. The lowest BCUT2D eigenvalue weighted by atomic mass is 10.1. The van der Waals surface area contributed by atoms with E-state index >= 15 is 0 Å². The van der Waals surface area contributed by atoms with Crippen molar-refractivity contribution in [1.82, 2.24) is 0 Å². The van der Waals surface area contributed by atoms with Gasteiger partial charge in [0.15, 0.2) is 0 Å². The summed E-state index contributed by atoms with van der Waals surface area (Å²) in [6.07, 6.45) is 0.914. The molecule has 1 aliphatic rings. The molecular weight excluding hydrogens is 154 g/mol. The van der Waals surface area contributed by atoms with Crippen LogP contribution in [0.3, 0.4) is 0 Å². The summed E-state index contributed by atoms with van der Waals surface area (Å²) in [4.78, 5) is 1.28. The van der Waals surface area contributed by atoms with E-state index in [1.807, 2.05) is 12.1 Å². The number of hydrogen-bond acceptors (Lipinski definition) is 2. The first kappa shape index (κ1) is 6.75. The van der Waals surface area contributed by atoms with E-state index in [1.165, 1.54) is 10.5 Å². The minimum absolute atomic E-state index is 0.146. The van der Waals surface area contributed by atoms with E-state index in [0.29, 0.717) is 0 Å². The lowest BCUT2D eigenvalue weighted by Crippen LogP contribution is -1.93. The highest BCUT2D eigenvalue weighted by Gasteiger charge is 2.20. The molecule has 0 N–H and O–H groups in total. The van der Waals surface area contributed by atoms with Crippen LogP contribution in [0.1, 0.15) is 5.56 Å². The predicted molar refractivity (Wildman–Crippen MR) is 45.4 cm³/mol. The lowest BCUT2D eigenvalue weighted by molar-refractivity contribution is 1.04. The Morgan fingerprint density at radius 3 is 3.00 bits per heavy atom. The molecule has 0 aromatic heterocycles. The molecule has 1 aromatic rings. The predicted octanol–water partition coefficient (Wildman–Crippen LogP) is 2.23.